The molecule has 0 saturated carbocycles. The lowest BCUT2D eigenvalue weighted by Crippen LogP contribution is -2.41. The third kappa shape index (κ3) is 5.46. The molecule has 0 unspecified atom stereocenters. The van der Waals surface area contributed by atoms with Gasteiger partial charge in [0.2, 0.25) is 0 Å². The van der Waals surface area contributed by atoms with Gasteiger partial charge in [-0.3, -0.25) is 4.79 Å². The Hall–Kier alpha value is -2.08. The number of piperidine rings is 1. The Balaban J connectivity index is 1.35. The highest BCUT2D eigenvalue weighted by Gasteiger charge is 2.29. The Morgan fingerprint density at radius 2 is 1.69 bits per heavy atom. The maximum Gasteiger partial charge on any atom is 0.410 e. The highest BCUT2D eigenvalue weighted by Crippen LogP contribution is 2.21. The molecular weight excluding hydrogens is 334 g/mol. The minimum absolute atomic E-state index is 0.118. The van der Waals surface area contributed by atoms with E-state index in [1.54, 1.807) is 4.90 Å². The molecule has 0 N–H and O–H groups in total. The van der Waals surface area contributed by atoms with Crippen LogP contribution in [0.25, 0.3) is 0 Å². The molecule has 2 saturated heterocycles. The van der Waals surface area contributed by atoms with Gasteiger partial charge in [0.1, 0.15) is 6.61 Å². The first-order valence-corrected chi connectivity index (χ1v) is 9.42. The second-order valence-electron chi connectivity index (χ2n) is 6.99. The number of benzene rings is 1. The van der Waals surface area contributed by atoms with E-state index >= 15 is 0 Å². The molecule has 2 heterocycles. The van der Waals surface area contributed by atoms with Crippen molar-refractivity contribution in [3.05, 3.63) is 35.9 Å². The molecule has 0 spiro atoms. The molecule has 2 aliphatic heterocycles. The first kappa shape index (κ1) is 18.7. The standard InChI is InChI=1S/C20H27NO5/c22-19(25-14-17-8-12-24-13-9-17)18-6-10-21(11-7-18)20(23)26-15-16-4-2-1-3-5-16/h1-5,17-18H,6-15H2. The zero-order valence-electron chi connectivity index (χ0n) is 15.1. The summed E-state index contributed by atoms with van der Waals surface area (Å²) in [7, 11) is 0. The van der Waals surface area contributed by atoms with Gasteiger partial charge in [0, 0.05) is 26.3 Å². The maximum absolute atomic E-state index is 12.2. The molecule has 2 fully saturated rings. The second kappa shape index (κ2) is 9.57. The fourth-order valence-corrected chi connectivity index (χ4v) is 3.34. The molecule has 1 amide bonds. The van der Waals surface area contributed by atoms with E-state index in [4.69, 9.17) is 14.2 Å². The molecular formula is C20H27NO5. The smallest absolute Gasteiger partial charge is 0.410 e. The molecule has 0 bridgehead atoms. The van der Waals surface area contributed by atoms with Crippen molar-refractivity contribution in [1.29, 1.82) is 0 Å². The topological polar surface area (TPSA) is 65.1 Å². The molecule has 0 aromatic heterocycles. The van der Waals surface area contributed by atoms with Gasteiger partial charge in [-0.2, -0.15) is 0 Å². The molecule has 0 aliphatic carbocycles. The summed E-state index contributed by atoms with van der Waals surface area (Å²) in [5, 5.41) is 0. The average molecular weight is 361 g/mol. The van der Waals surface area contributed by atoms with Gasteiger partial charge >= 0.3 is 12.1 Å². The van der Waals surface area contributed by atoms with Gasteiger partial charge in [-0.05, 0) is 37.2 Å². The van der Waals surface area contributed by atoms with Crippen molar-refractivity contribution in [3.8, 4) is 0 Å². The SMILES string of the molecule is O=C(OCC1CCOCC1)C1CCN(C(=O)OCc2ccccc2)CC1. The van der Waals surface area contributed by atoms with E-state index in [2.05, 4.69) is 0 Å². The fourth-order valence-electron chi connectivity index (χ4n) is 3.34. The summed E-state index contributed by atoms with van der Waals surface area (Å²) in [5.41, 5.74) is 0.965. The van der Waals surface area contributed by atoms with Crippen molar-refractivity contribution in [3.63, 3.8) is 0 Å². The van der Waals surface area contributed by atoms with Crippen LogP contribution in [0.3, 0.4) is 0 Å². The quantitative estimate of drug-likeness (QED) is 0.755. The van der Waals surface area contributed by atoms with Gasteiger partial charge in [0.15, 0.2) is 0 Å². The van der Waals surface area contributed by atoms with Crippen LogP contribution in [0, 0.1) is 11.8 Å². The van der Waals surface area contributed by atoms with Crippen LogP contribution in [0.5, 0.6) is 0 Å². The van der Waals surface area contributed by atoms with Gasteiger partial charge in [0.05, 0.1) is 12.5 Å². The van der Waals surface area contributed by atoms with Gasteiger partial charge in [-0.1, -0.05) is 30.3 Å². The zero-order valence-corrected chi connectivity index (χ0v) is 15.1. The Labute approximate surface area is 154 Å². The monoisotopic (exact) mass is 361 g/mol. The van der Waals surface area contributed by atoms with E-state index in [0.29, 0.717) is 38.5 Å². The van der Waals surface area contributed by atoms with E-state index in [1.807, 2.05) is 30.3 Å². The number of nitrogens with zero attached hydrogens (tertiary/aromatic N) is 1. The number of amides is 1. The van der Waals surface area contributed by atoms with E-state index in [9.17, 15) is 9.59 Å². The van der Waals surface area contributed by atoms with Crippen LogP contribution >= 0.6 is 0 Å². The molecule has 2 aliphatic rings. The summed E-state index contributed by atoms with van der Waals surface area (Å²) in [4.78, 5) is 26.1. The van der Waals surface area contributed by atoms with Crippen LogP contribution in [0.15, 0.2) is 30.3 Å². The van der Waals surface area contributed by atoms with E-state index in [0.717, 1.165) is 31.6 Å². The normalized spacial score (nSPS) is 19.2. The van der Waals surface area contributed by atoms with Gasteiger partial charge in [0.25, 0.3) is 0 Å². The zero-order chi connectivity index (χ0) is 18.2. The molecule has 1 aromatic rings. The van der Waals surface area contributed by atoms with Gasteiger partial charge in [-0.15, -0.1) is 0 Å². The van der Waals surface area contributed by atoms with Crippen LogP contribution in [0.4, 0.5) is 4.79 Å². The molecule has 1 aromatic carbocycles. The number of hydrogen-bond acceptors (Lipinski definition) is 5. The van der Waals surface area contributed by atoms with Crippen molar-refractivity contribution in [1.82, 2.24) is 4.90 Å². The average Bonchev–Trinajstić information content (AvgIpc) is 2.72. The summed E-state index contributed by atoms with van der Waals surface area (Å²) in [6.45, 7) is 3.33. The van der Waals surface area contributed by atoms with Crippen molar-refractivity contribution in [2.45, 2.75) is 32.3 Å². The van der Waals surface area contributed by atoms with E-state index in [1.165, 1.54) is 0 Å². The predicted octanol–water partition coefficient (Wildman–Crippen LogP) is 3.01. The van der Waals surface area contributed by atoms with Gasteiger partial charge < -0.3 is 19.1 Å². The summed E-state index contributed by atoms with van der Waals surface area (Å²) in [6.07, 6.45) is 2.86. The number of hydrogen-bond donors (Lipinski definition) is 0. The highest BCUT2D eigenvalue weighted by atomic mass is 16.6. The third-order valence-corrected chi connectivity index (χ3v) is 5.09. The molecule has 26 heavy (non-hydrogen) atoms. The van der Waals surface area contributed by atoms with Crippen LogP contribution in [-0.2, 0) is 25.6 Å². The van der Waals surface area contributed by atoms with Crippen LogP contribution in [0.2, 0.25) is 0 Å². The molecule has 6 heteroatoms. The van der Waals surface area contributed by atoms with Crippen LogP contribution < -0.4 is 0 Å². The first-order chi connectivity index (χ1) is 12.7. The second-order valence-corrected chi connectivity index (χ2v) is 6.99. The van der Waals surface area contributed by atoms with Crippen molar-refractivity contribution in [2.24, 2.45) is 11.8 Å². The molecule has 142 valence electrons. The maximum atomic E-state index is 12.2. The number of esters is 1. The lowest BCUT2D eigenvalue weighted by Gasteiger charge is -2.30. The molecule has 0 radical (unpaired) electrons. The Kier molecular flexibility index (Phi) is 6.89. The van der Waals surface area contributed by atoms with Crippen molar-refractivity contribution >= 4 is 12.1 Å². The fraction of sp³-hybridized carbons (Fsp3) is 0.600. The van der Waals surface area contributed by atoms with E-state index < -0.39 is 0 Å². The van der Waals surface area contributed by atoms with E-state index in [-0.39, 0.29) is 24.6 Å². The summed E-state index contributed by atoms with van der Waals surface area (Å²) < 4.78 is 16.2. The molecule has 6 nitrogen and oxygen atoms in total. The summed E-state index contributed by atoms with van der Waals surface area (Å²) in [6, 6.07) is 9.61. The number of carbonyl (C=O) groups is 2. The Bertz CT molecular complexity index is 577. The minimum Gasteiger partial charge on any atom is -0.465 e. The lowest BCUT2D eigenvalue weighted by molar-refractivity contribution is -0.152. The predicted molar refractivity (Wildman–Crippen MR) is 95.4 cm³/mol. The summed E-state index contributed by atoms with van der Waals surface area (Å²) >= 11 is 0. The number of ether oxygens (including phenoxy) is 3. The molecule has 3 rings (SSSR count). The lowest BCUT2D eigenvalue weighted by atomic mass is 9.97. The Morgan fingerprint density at radius 1 is 1.00 bits per heavy atom. The highest BCUT2D eigenvalue weighted by molar-refractivity contribution is 5.73. The first-order valence-electron chi connectivity index (χ1n) is 9.42. The largest absolute Gasteiger partial charge is 0.465 e. The molecule has 0 atom stereocenters. The number of carbonyl (C=O) groups excluding carboxylic acids is 2. The summed E-state index contributed by atoms with van der Waals surface area (Å²) in [5.74, 6) is 0.169. The number of rotatable bonds is 5. The third-order valence-electron chi connectivity index (χ3n) is 5.09. The van der Waals surface area contributed by atoms with Crippen LogP contribution in [0.1, 0.15) is 31.2 Å². The van der Waals surface area contributed by atoms with Crippen LogP contribution in [-0.4, -0.2) is 49.9 Å². The van der Waals surface area contributed by atoms with Crippen molar-refractivity contribution in [2.75, 3.05) is 32.9 Å². The van der Waals surface area contributed by atoms with Gasteiger partial charge in [-0.25, -0.2) is 4.79 Å². The minimum atomic E-state index is -0.317. The number of likely N-dealkylation sites (tertiary alicyclic amines) is 1. The van der Waals surface area contributed by atoms with Crippen molar-refractivity contribution < 1.29 is 23.8 Å². The Morgan fingerprint density at radius 3 is 2.38 bits per heavy atom.